The Labute approximate surface area is 109 Å². The highest BCUT2D eigenvalue weighted by Gasteiger charge is 2.19. The number of quaternary nitrogens is 1. The number of likely N-dealkylation sites (N-methyl/N-ethyl adjacent to an activating group) is 1. The Morgan fingerprint density at radius 2 is 2.17 bits per heavy atom. The predicted molar refractivity (Wildman–Crippen MR) is 72.5 cm³/mol. The molecule has 0 radical (unpaired) electrons. The topological polar surface area (TPSA) is 50.5 Å². The summed E-state index contributed by atoms with van der Waals surface area (Å²) >= 11 is 1.50. The molecular formula is C12H15N4OS+. The lowest BCUT2D eigenvalue weighted by atomic mass is 10.3. The maximum absolute atomic E-state index is 11.9. The molecule has 18 heavy (non-hydrogen) atoms. The second-order valence-corrected chi connectivity index (χ2v) is 5.56. The smallest absolute Gasteiger partial charge is 0.282 e. The summed E-state index contributed by atoms with van der Waals surface area (Å²) in [6.07, 6.45) is 1.72. The van der Waals surface area contributed by atoms with E-state index < -0.39 is 0 Å². The number of anilines is 1. The molecule has 0 amide bonds. The monoisotopic (exact) mass is 263 g/mol. The average molecular weight is 263 g/mol. The first-order chi connectivity index (χ1) is 8.74. The quantitative estimate of drug-likeness (QED) is 0.745. The van der Waals surface area contributed by atoms with Crippen molar-refractivity contribution in [1.29, 1.82) is 0 Å². The summed E-state index contributed by atoms with van der Waals surface area (Å²) in [4.78, 5) is 24.9. The molecule has 0 saturated carbocycles. The third kappa shape index (κ3) is 2.09. The minimum Gasteiger partial charge on any atom is -0.337 e. The van der Waals surface area contributed by atoms with E-state index in [-0.39, 0.29) is 5.56 Å². The lowest BCUT2D eigenvalue weighted by molar-refractivity contribution is -0.880. The van der Waals surface area contributed by atoms with E-state index in [1.54, 1.807) is 18.3 Å². The Kier molecular flexibility index (Phi) is 2.97. The van der Waals surface area contributed by atoms with E-state index in [1.807, 2.05) is 0 Å². The number of pyridine rings is 1. The maximum Gasteiger partial charge on any atom is 0.282 e. The summed E-state index contributed by atoms with van der Waals surface area (Å²) < 4.78 is 0. The molecule has 0 bridgehead atoms. The first-order valence-electron chi connectivity index (χ1n) is 6.06. The van der Waals surface area contributed by atoms with Crippen molar-refractivity contribution in [3.05, 3.63) is 28.7 Å². The SMILES string of the molecule is C[NH+]1CCN(c2nc(=O)c3cccnc3s2)CC1. The predicted octanol–water partition coefficient (Wildman–Crippen LogP) is -0.614. The van der Waals surface area contributed by atoms with Crippen LogP contribution in [0.3, 0.4) is 0 Å². The van der Waals surface area contributed by atoms with Crippen molar-refractivity contribution in [3.8, 4) is 0 Å². The van der Waals surface area contributed by atoms with Crippen LogP contribution in [-0.2, 0) is 0 Å². The van der Waals surface area contributed by atoms with Crippen LogP contribution in [0.1, 0.15) is 0 Å². The van der Waals surface area contributed by atoms with Gasteiger partial charge in [-0.15, -0.1) is 0 Å². The summed E-state index contributed by atoms with van der Waals surface area (Å²) in [7, 11) is 2.19. The Morgan fingerprint density at radius 3 is 2.94 bits per heavy atom. The molecule has 0 spiro atoms. The fourth-order valence-electron chi connectivity index (χ4n) is 2.11. The van der Waals surface area contributed by atoms with Crippen LogP contribution in [0.5, 0.6) is 0 Å². The van der Waals surface area contributed by atoms with E-state index in [4.69, 9.17) is 0 Å². The van der Waals surface area contributed by atoms with E-state index in [2.05, 4.69) is 21.9 Å². The van der Waals surface area contributed by atoms with E-state index in [0.717, 1.165) is 36.1 Å². The van der Waals surface area contributed by atoms with Crippen LogP contribution in [0.4, 0.5) is 5.13 Å². The van der Waals surface area contributed by atoms with Crippen molar-refractivity contribution >= 4 is 26.7 Å². The molecule has 1 aliphatic rings. The zero-order chi connectivity index (χ0) is 12.5. The largest absolute Gasteiger partial charge is 0.337 e. The fraction of sp³-hybridized carbons (Fsp3) is 0.417. The number of rotatable bonds is 1. The van der Waals surface area contributed by atoms with Crippen molar-refractivity contribution in [2.45, 2.75) is 0 Å². The van der Waals surface area contributed by atoms with Gasteiger partial charge in [-0.2, -0.15) is 4.98 Å². The van der Waals surface area contributed by atoms with Crippen LogP contribution < -0.4 is 15.4 Å². The summed E-state index contributed by atoms with van der Waals surface area (Å²) in [5.41, 5.74) is -0.168. The van der Waals surface area contributed by atoms with E-state index in [1.165, 1.54) is 16.2 Å². The number of aromatic nitrogens is 2. The molecule has 6 heteroatoms. The number of hydrogen-bond acceptors (Lipinski definition) is 5. The number of nitrogens with one attached hydrogen (secondary N) is 1. The molecule has 1 aliphatic heterocycles. The van der Waals surface area contributed by atoms with Gasteiger partial charge in [0.15, 0.2) is 5.13 Å². The zero-order valence-corrected chi connectivity index (χ0v) is 11.0. The van der Waals surface area contributed by atoms with E-state index in [0.29, 0.717) is 5.39 Å². The van der Waals surface area contributed by atoms with Crippen molar-refractivity contribution in [2.75, 3.05) is 38.1 Å². The highest BCUT2D eigenvalue weighted by molar-refractivity contribution is 7.21. The molecule has 1 saturated heterocycles. The molecular weight excluding hydrogens is 248 g/mol. The summed E-state index contributed by atoms with van der Waals surface area (Å²) in [5.74, 6) is 0. The molecule has 2 aromatic rings. The molecule has 1 N–H and O–H groups in total. The van der Waals surface area contributed by atoms with Gasteiger partial charge in [-0.3, -0.25) is 4.79 Å². The molecule has 0 unspecified atom stereocenters. The van der Waals surface area contributed by atoms with E-state index in [9.17, 15) is 4.79 Å². The van der Waals surface area contributed by atoms with Gasteiger partial charge in [-0.1, -0.05) is 11.3 Å². The normalized spacial score (nSPS) is 17.3. The maximum atomic E-state index is 11.9. The Morgan fingerprint density at radius 1 is 1.39 bits per heavy atom. The molecule has 1 fully saturated rings. The van der Waals surface area contributed by atoms with Gasteiger partial charge in [0.1, 0.15) is 4.83 Å². The molecule has 2 aromatic heterocycles. The van der Waals surface area contributed by atoms with Crippen LogP contribution >= 0.6 is 11.3 Å². The van der Waals surface area contributed by atoms with Gasteiger partial charge >= 0.3 is 0 Å². The second-order valence-electron chi connectivity index (χ2n) is 4.60. The van der Waals surface area contributed by atoms with Gasteiger partial charge in [0, 0.05) is 6.20 Å². The molecule has 3 rings (SSSR count). The van der Waals surface area contributed by atoms with Crippen LogP contribution in [0, 0.1) is 0 Å². The third-order valence-corrected chi connectivity index (χ3v) is 4.32. The number of fused-ring (bicyclic) bond motifs is 1. The second kappa shape index (κ2) is 4.62. The first-order valence-corrected chi connectivity index (χ1v) is 6.88. The van der Waals surface area contributed by atoms with Crippen molar-refractivity contribution < 1.29 is 4.90 Å². The third-order valence-electron chi connectivity index (χ3n) is 3.27. The van der Waals surface area contributed by atoms with Gasteiger partial charge in [0.25, 0.3) is 5.56 Å². The molecule has 3 heterocycles. The van der Waals surface area contributed by atoms with E-state index >= 15 is 0 Å². The summed E-state index contributed by atoms with van der Waals surface area (Å²) in [6, 6.07) is 3.56. The molecule has 0 atom stereocenters. The Hall–Kier alpha value is -1.53. The molecule has 0 aliphatic carbocycles. The molecule has 94 valence electrons. The number of hydrogen-bond donors (Lipinski definition) is 1. The minimum atomic E-state index is -0.168. The molecule has 5 nitrogen and oxygen atoms in total. The van der Waals surface area contributed by atoms with Gasteiger partial charge < -0.3 is 9.80 Å². The van der Waals surface area contributed by atoms with Crippen molar-refractivity contribution in [2.24, 2.45) is 0 Å². The lowest BCUT2D eigenvalue weighted by Crippen LogP contribution is -3.12. The van der Waals surface area contributed by atoms with Crippen molar-refractivity contribution in [3.63, 3.8) is 0 Å². The number of piperazine rings is 1. The fourth-order valence-corrected chi connectivity index (χ4v) is 3.10. The van der Waals surface area contributed by atoms with Gasteiger partial charge in [0.05, 0.1) is 38.6 Å². The minimum absolute atomic E-state index is 0.168. The summed E-state index contributed by atoms with van der Waals surface area (Å²) in [6.45, 7) is 4.08. The standard InChI is InChI=1S/C12H14N4OS/c1-15-5-7-16(8-6-15)12-14-10(17)9-3-2-4-13-11(9)18-12/h2-4H,5-8H2,1H3/p+1. The lowest BCUT2D eigenvalue weighted by Gasteiger charge is -2.30. The highest BCUT2D eigenvalue weighted by Crippen LogP contribution is 2.21. The molecule has 0 aromatic carbocycles. The Bertz CT molecular complexity index is 619. The van der Waals surface area contributed by atoms with Gasteiger partial charge in [-0.05, 0) is 12.1 Å². The van der Waals surface area contributed by atoms with Crippen LogP contribution in [-0.4, -0.2) is 43.2 Å². The Balaban J connectivity index is 2.00. The van der Waals surface area contributed by atoms with Crippen LogP contribution in [0.15, 0.2) is 23.1 Å². The summed E-state index contributed by atoms with van der Waals surface area (Å²) in [5, 5.41) is 1.42. The first kappa shape index (κ1) is 11.6. The van der Waals surface area contributed by atoms with Crippen LogP contribution in [0.2, 0.25) is 0 Å². The highest BCUT2D eigenvalue weighted by atomic mass is 32.1. The van der Waals surface area contributed by atoms with Gasteiger partial charge in [-0.25, -0.2) is 4.98 Å². The van der Waals surface area contributed by atoms with Crippen molar-refractivity contribution in [1.82, 2.24) is 9.97 Å². The average Bonchev–Trinajstić information content (AvgIpc) is 2.39. The number of nitrogens with zero attached hydrogens (tertiary/aromatic N) is 3. The zero-order valence-electron chi connectivity index (χ0n) is 10.2. The van der Waals surface area contributed by atoms with Gasteiger partial charge in [0.2, 0.25) is 0 Å². The van der Waals surface area contributed by atoms with Crippen LogP contribution in [0.25, 0.3) is 10.2 Å².